The first kappa shape index (κ1) is 19.3. The lowest BCUT2D eigenvalue weighted by atomic mass is 10.0. The number of carbonyl (C=O) groups excluding carboxylic acids is 4. The summed E-state index contributed by atoms with van der Waals surface area (Å²) in [6.07, 6.45) is -2.81. The molecule has 0 aromatic heterocycles. The highest BCUT2D eigenvalue weighted by Gasteiger charge is 2.46. The van der Waals surface area contributed by atoms with E-state index in [2.05, 4.69) is 0 Å². The van der Waals surface area contributed by atoms with Gasteiger partial charge in [0.05, 0.1) is 11.0 Å². The largest absolute Gasteiger partial charge is 0.465 e. The van der Waals surface area contributed by atoms with Crippen LogP contribution >= 0.6 is 11.8 Å². The van der Waals surface area contributed by atoms with Crippen LogP contribution in [-0.2, 0) is 38.1 Å². The molecule has 1 fully saturated rings. The zero-order chi connectivity index (χ0) is 17.6. The zero-order valence-corrected chi connectivity index (χ0v) is 14.1. The summed E-state index contributed by atoms with van der Waals surface area (Å²) in [5.74, 6) is -0.703. The van der Waals surface area contributed by atoms with Crippen molar-refractivity contribution in [2.45, 2.75) is 51.3 Å². The van der Waals surface area contributed by atoms with E-state index in [9.17, 15) is 19.2 Å². The van der Waals surface area contributed by atoms with Gasteiger partial charge in [-0.1, -0.05) is 0 Å². The van der Waals surface area contributed by atoms with Crippen molar-refractivity contribution in [1.29, 1.82) is 0 Å². The van der Waals surface area contributed by atoms with Crippen LogP contribution in [0.3, 0.4) is 0 Å². The second-order valence-electron chi connectivity index (χ2n) is 4.84. The van der Waals surface area contributed by atoms with E-state index in [-0.39, 0.29) is 6.61 Å². The van der Waals surface area contributed by atoms with Crippen molar-refractivity contribution >= 4 is 35.6 Å². The second kappa shape index (κ2) is 8.76. The number of thioether (sulfide) groups is 1. The fourth-order valence-corrected chi connectivity index (χ4v) is 3.09. The molecule has 0 N–H and O–H groups in total. The summed E-state index contributed by atoms with van der Waals surface area (Å²) in [6, 6.07) is 0. The molecule has 0 spiro atoms. The Morgan fingerprint density at radius 1 is 0.826 bits per heavy atom. The summed E-state index contributed by atoms with van der Waals surface area (Å²) in [6.45, 7) is 4.83. The van der Waals surface area contributed by atoms with Crippen molar-refractivity contribution in [3.63, 3.8) is 0 Å². The highest BCUT2D eigenvalue weighted by atomic mass is 32.2. The number of carbonyl (C=O) groups is 4. The molecule has 1 saturated heterocycles. The molecule has 0 bridgehead atoms. The van der Waals surface area contributed by atoms with Crippen molar-refractivity contribution in [1.82, 2.24) is 0 Å². The van der Waals surface area contributed by atoms with Crippen molar-refractivity contribution in [2.24, 2.45) is 0 Å². The van der Waals surface area contributed by atoms with Crippen LogP contribution in [0.15, 0.2) is 0 Å². The third kappa shape index (κ3) is 6.47. The van der Waals surface area contributed by atoms with Crippen LogP contribution in [0.4, 0.5) is 0 Å². The molecule has 9 heteroatoms. The van der Waals surface area contributed by atoms with Gasteiger partial charge < -0.3 is 18.9 Å². The maximum Gasteiger partial charge on any atom is 0.303 e. The van der Waals surface area contributed by atoms with Crippen LogP contribution in [0.2, 0.25) is 0 Å². The fraction of sp³-hybridized carbons (Fsp3) is 0.643. The molecule has 129 valence electrons. The Bertz CT molecular complexity index is 477. The molecule has 1 aliphatic heterocycles. The molecule has 0 amide bonds. The van der Waals surface area contributed by atoms with Crippen molar-refractivity contribution in [3.05, 3.63) is 5.75 Å². The van der Waals surface area contributed by atoms with E-state index in [4.69, 9.17) is 18.9 Å². The van der Waals surface area contributed by atoms with Crippen molar-refractivity contribution in [3.8, 4) is 0 Å². The van der Waals surface area contributed by atoms with E-state index in [1.807, 2.05) is 0 Å². The van der Waals surface area contributed by atoms with E-state index in [1.165, 1.54) is 39.5 Å². The molecule has 0 aromatic carbocycles. The van der Waals surface area contributed by atoms with Gasteiger partial charge in [0.25, 0.3) is 0 Å². The lowest BCUT2D eigenvalue weighted by molar-refractivity contribution is -0.181. The van der Waals surface area contributed by atoms with Gasteiger partial charge >= 0.3 is 23.9 Å². The van der Waals surface area contributed by atoms with Gasteiger partial charge in [-0.05, 0) is 0 Å². The minimum atomic E-state index is -1.01. The minimum absolute atomic E-state index is 0.0427. The smallest absolute Gasteiger partial charge is 0.303 e. The number of hydrogen-bond donors (Lipinski definition) is 0. The molecule has 8 nitrogen and oxygen atoms in total. The van der Waals surface area contributed by atoms with Gasteiger partial charge in [-0.25, -0.2) is 0 Å². The average Bonchev–Trinajstić information content (AvgIpc) is 2.39. The second-order valence-corrected chi connectivity index (χ2v) is 5.99. The lowest BCUT2D eigenvalue weighted by Crippen LogP contribution is -2.54. The molecule has 0 aromatic rings. The molecule has 1 rings (SSSR count). The Kier molecular flexibility index (Phi) is 7.34. The Morgan fingerprint density at radius 2 is 1.35 bits per heavy atom. The van der Waals surface area contributed by atoms with Gasteiger partial charge in [0.15, 0.2) is 18.3 Å². The average molecular weight is 347 g/mol. The molecule has 0 saturated carbocycles. The molecule has 1 radical (unpaired) electrons. The summed E-state index contributed by atoms with van der Waals surface area (Å²) in [5.41, 5.74) is 0. The maximum absolute atomic E-state index is 11.4. The molecule has 23 heavy (non-hydrogen) atoms. The summed E-state index contributed by atoms with van der Waals surface area (Å²) >= 11 is 1.19. The molecular formula is C14H19O8S. The lowest BCUT2D eigenvalue weighted by Gasteiger charge is -2.39. The van der Waals surface area contributed by atoms with Crippen LogP contribution in [0.5, 0.6) is 0 Å². The first-order chi connectivity index (χ1) is 10.7. The highest BCUT2D eigenvalue weighted by Crippen LogP contribution is 2.35. The maximum atomic E-state index is 11.4. The summed E-state index contributed by atoms with van der Waals surface area (Å²) in [7, 11) is 0. The number of hydrogen-bond acceptors (Lipinski definition) is 9. The monoisotopic (exact) mass is 347 g/mol. The fourth-order valence-electron chi connectivity index (χ4n) is 2.01. The summed E-state index contributed by atoms with van der Waals surface area (Å²) < 4.78 is 20.4. The molecule has 1 heterocycles. The normalized spacial score (nSPS) is 26.8. The number of ether oxygens (including phenoxy) is 4. The van der Waals surface area contributed by atoms with E-state index >= 15 is 0 Å². The quantitative estimate of drug-likeness (QED) is 0.522. The third-order valence-electron chi connectivity index (χ3n) is 2.76. The zero-order valence-electron chi connectivity index (χ0n) is 13.3. The van der Waals surface area contributed by atoms with Crippen LogP contribution in [0.1, 0.15) is 27.7 Å². The first-order valence-electron chi connectivity index (χ1n) is 6.84. The Morgan fingerprint density at radius 3 is 1.83 bits per heavy atom. The van der Waals surface area contributed by atoms with Gasteiger partial charge in [0.1, 0.15) is 6.61 Å². The van der Waals surface area contributed by atoms with E-state index in [0.29, 0.717) is 0 Å². The SMILES string of the molecule is CC(=O)OC[C@H]1S[CH][C@H](OC(C)=O)[C@@H](OC(C)=O)[C@@H]1OC(C)=O. The molecule has 0 aliphatic carbocycles. The van der Waals surface area contributed by atoms with E-state index in [1.54, 1.807) is 5.75 Å². The van der Waals surface area contributed by atoms with Crippen LogP contribution in [0.25, 0.3) is 0 Å². The summed E-state index contributed by atoms with van der Waals surface area (Å²) in [4.78, 5) is 44.9. The predicted molar refractivity (Wildman–Crippen MR) is 79.0 cm³/mol. The Hall–Kier alpha value is -1.77. The standard InChI is InChI=1S/C14H19O8S/c1-7(15)19-5-12-14(22-10(4)18)13(21-9(3)17)11(6-23-12)20-8(2)16/h6,11-14H,5H2,1-4H3/t11-,12+,13+,14+/m0/s1. The van der Waals surface area contributed by atoms with Crippen LogP contribution < -0.4 is 0 Å². The molecular weight excluding hydrogens is 328 g/mol. The molecule has 0 unspecified atom stereocenters. The van der Waals surface area contributed by atoms with Gasteiger partial charge in [0.2, 0.25) is 0 Å². The predicted octanol–water partition coefficient (Wildman–Crippen LogP) is 0.622. The number of esters is 4. The van der Waals surface area contributed by atoms with Gasteiger partial charge in [-0.2, -0.15) is 0 Å². The van der Waals surface area contributed by atoms with Crippen molar-refractivity contribution in [2.75, 3.05) is 6.61 Å². The minimum Gasteiger partial charge on any atom is -0.465 e. The Labute approximate surface area is 138 Å². The highest BCUT2D eigenvalue weighted by molar-refractivity contribution is 8.02. The third-order valence-corrected chi connectivity index (χ3v) is 3.94. The van der Waals surface area contributed by atoms with Crippen molar-refractivity contribution < 1.29 is 38.1 Å². The topological polar surface area (TPSA) is 105 Å². The Balaban J connectivity index is 2.98. The van der Waals surface area contributed by atoms with Crippen LogP contribution in [0, 0.1) is 5.75 Å². The van der Waals surface area contributed by atoms with Gasteiger partial charge in [-0.15, -0.1) is 11.8 Å². The van der Waals surface area contributed by atoms with Gasteiger partial charge in [-0.3, -0.25) is 19.2 Å². The molecule has 1 aliphatic rings. The van der Waals surface area contributed by atoms with E-state index < -0.39 is 47.4 Å². The van der Waals surface area contributed by atoms with Crippen LogP contribution in [-0.4, -0.2) is 54.0 Å². The first-order valence-corrected chi connectivity index (χ1v) is 7.78. The van der Waals surface area contributed by atoms with E-state index in [0.717, 1.165) is 0 Å². The number of rotatable bonds is 5. The van der Waals surface area contributed by atoms with Gasteiger partial charge in [0, 0.05) is 27.7 Å². The molecule has 4 atom stereocenters. The summed E-state index contributed by atoms with van der Waals surface area (Å²) in [5, 5.41) is -0.487.